The zero-order valence-electron chi connectivity index (χ0n) is 12.3. The summed E-state index contributed by atoms with van der Waals surface area (Å²) in [5, 5.41) is 0. The van der Waals surface area contributed by atoms with Gasteiger partial charge in [-0.05, 0) is 36.6 Å². The monoisotopic (exact) mass is 292 g/mol. The maximum absolute atomic E-state index is 12.4. The van der Waals surface area contributed by atoms with Crippen LogP contribution in [0.4, 0.5) is 4.39 Å². The van der Waals surface area contributed by atoms with Crippen molar-refractivity contribution in [3.05, 3.63) is 41.2 Å². The van der Waals surface area contributed by atoms with Crippen molar-refractivity contribution in [2.24, 2.45) is 5.73 Å². The van der Waals surface area contributed by atoms with Crippen molar-refractivity contribution < 1.29 is 13.9 Å². The molecule has 0 aromatic heterocycles. The van der Waals surface area contributed by atoms with Crippen molar-refractivity contribution in [3.8, 4) is 5.75 Å². The summed E-state index contributed by atoms with van der Waals surface area (Å²) in [5.74, 6) is 0.717. The van der Waals surface area contributed by atoms with Crippen LogP contribution in [0.25, 0.3) is 0 Å². The number of nitrogens with zero attached hydrogens (tertiary/aromatic N) is 1. The van der Waals surface area contributed by atoms with Gasteiger partial charge in [-0.2, -0.15) is 0 Å². The SMILES string of the molecule is CCCN1CCc2cc(OC/C(=C/F)CN)ccc2C1=O. The highest BCUT2D eigenvalue weighted by atomic mass is 19.1. The van der Waals surface area contributed by atoms with Crippen molar-refractivity contribution in [1.82, 2.24) is 4.90 Å². The van der Waals surface area contributed by atoms with Crippen LogP contribution in [0.1, 0.15) is 29.3 Å². The Balaban J connectivity index is 2.09. The molecule has 0 bridgehead atoms. The Morgan fingerprint density at radius 2 is 2.33 bits per heavy atom. The van der Waals surface area contributed by atoms with Crippen LogP contribution in [0.2, 0.25) is 0 Å². The standard InChI is InChI=1S/C16H21FN2O2/c1-2-6-19-7-5-13-8-14(3-4-15(13)16(19)20)21-11-12(9-17)10-18/h3-4,8-9H,2,5-7,10-11,18H2,1H3/b12-9+. The van der Waals surface area contributed by atoms with Crippen molar-refractivity contribution in [2.45, 2.75) is 19.8 Å². The van der Waals surface area contributed by atoms with E-state index < -0.39 is 0 Å². The topological polar surface area (TPSA) is 55.6 Å². The number of benzene rings is 1. The van der Waals surface area contributed by atoms with E-state index in [1.54, 1.807) is 12.1 Å². The van der Waals surface area contributed by atoms with Crippen molar-refractivity contribution in [3.63, 3.8) is 0 Å². The first-order valence-electron chi connectivity index (χ1n) is 7.22. The van der Waals surface area contributed by atoms with E-state index in [4.69, 9.17) is 10.5 Å². The van der Waals surface area contributed by atoms with Crippen LogP contribution in [-0.4, -0.2) is 37.0 Å². The molecule has 5 heteroatoms. The minimum atomic E-state index is 0.0796. The lowest BCUT2D eigenvalue weighted by molar-refractivity contribution is 0.0740. The highest BCUT2D eigenvalue weighted by Gasteiger charge is 2.23. The van der Waals surface area contributed by atoms with Gasteiger partial charge in [0.1, 0.15) is 12.4 Å². The Morgan fingerprint density at radius 3 is 3.00 bits per heavy atom. The van der Waals surface area contributed by atoms with Gasteiger partial charge in [0.25, 0.3) is 5.91 Å². The smallest absolute Gasteiger partial charge is 0.254 e. The van der Waals surface area contributed by atoms with E-state index in [0.717, 1.165) is 37.1 Å². The third-order valence-electron chi connectivity index (χ3n) is 3.58. The van der Waals surface area contributed by atoms with E-state index in [2.05, 4.69) is 6.92 Å². The van der Waals surface area contributed by atoms with Crippen molar-refractivity contribution in [1.29, 1.82) is 0 Å². The van der Waals surface area contributed by atoms with E-state index in [-0.39, 0.29) is 19.1 Å². The number of hydrogen-bond donors (Lipinski definition) is 1. The molecule has 1 aliphatic heterocycles. The summed E-state index contributed by atoms with van der Waals surface area (Å²) < 4.78 is 17.9. The van der Waals surface area contributed by atoms with Gasteiger partial charge in [-0.15, -0.1) is 0 Å². The third-order valence-corrected chi connectivity index (χ3v) is 3.58. The molecule has 1 heterocycles. The van der Waals surface area contributed by atoms with E-state index >= 15 is 0 Å². The summed E-state index contributed by atoms with van der Waals surface area (Å²) in [7, 11) is 0. The first-order valence-corrected chi connectivity index (χ1v) is 7.22. The van der Waals surface area contributed by atoms with Gasteiger partial charge in [0.15, 0.2) is 0 Å². The lowest BCUT2D eigenvalue weighted by Crippen LogP contribution is -2.37. The summed E-state index contributed by atoms with van der Waals surface area (Å²) >= 11 is 0. The van der Waals surface area contributed by atoms with Crippen LogP contribution >= 0.6 is 0 Å². The highest BCUT2D eigenvalue weighted by Crippen LogP contribution is 2.24. The fraction of sp³-hybridized carbons (Fsp3) is 0.438. The Bertz CT molecular complexity index is 543. The third kappa shape index (κ3) is 3.61. The largest absolute Gasteiger partial charge is 0.489 e. The Hall–Kier alpha value is -1.88. The quantitative estimate of drug-likeness (QED) is 0.875. The number of ether oxygens (including phenoxy) is 1. The lowest BCUT2D eigenvalue weighted by Gasteiger charge is -2.28. The number of amides is 1. The van der Waals surface area contributed by atoms with E-state index in [1.165, 1.54) is 0 Å². The maximum atomic E-state index is 12.4. The molecule has 0 radical (unpaired) electrons. The number of fused-ring (bicyclic) bond motifs is 1. The predicted octanol–water partition coefficient (Wildman–Crippen LogP) is 2.29. The lowest BCUT2D eigenvalue weighted by atomic mass is 9.98. The van der Waals surface area contributed by atoms with Crippen LogP contribution in [-0.2, 0) is 6.42 Å². The summed E-state index contributed by atoms with van der Waals surface area (Å²) in [4.78, 5) is 14.2. The normalized spacial score (nSPS) is 15.1. The molecule has 0 atom stereocenters. The molecule has 1 aliphatic rings. The predicted molar refractivity (Wildman–Crippen MR) is 80.1 cm³/mol. The number of nitrogens with two attached hydrogens (primary N) is 1. The van der Waals surface area contributed by atoms with Gasteiger partial charge in [0.05, 0.1) is 6.33 Å². The molecule has 4 nitrogen and oxygen atoms in total. The maximum Gasteiger partial charge on any atom is 0.254 e. The Labute approximate surface area is 124 Å². The van der Waals surface area contributed by atoms with Crippen LogP contribution in [0.15, 0.2) is 30.1 Å². The number of rotatable bonds is 6. The minimum absolute atomic E-state index is 0.0796. The van der Waals surface area contributed by atoms with Gasteiger partial charge in [-0.25, -0.2) is 4.39 Å². The minimum Gasteiger partial charge on any atom is -0.489 e. The molecule has 2 rings (SSSR count). The average molecular weight is 292 g/mol. The molecule has 0 unspecified atom stereocenters. The van der Waals surface area contributed by atoms with E-state index in [1.807, 2.05) is 11.0 Å². The van der Waals surface area contributed by atoms with Crippen LogP contribution < -0.4 is 10.5 Å². The Morgan fingerprint density at radius 1 is 1.52 bits per heavy atom. The van der Waals surface area contributed by atoms with Crippen LogP contribution in [0.5, 0.6) is 5.75 Å². The van der Waals surface area contributed by atoms with Gasteiger partial charge in [-0.3, -0.25) is 4.79 Å². The molecule has 1 aromatic rings. The first kappa shape index (κ1) is 15.5. The molecule has 114 valence electrons. The van der Waals surface area contributed by atoms with Gasteiger partial charge >= 0.3 is 0 Å². The molecule has 0 spiro atoms. The van der Waals surface area contributed by atoms with E-state index in [9.17, 15) is 9.18 Å². The van der Waals surface area contributed by atoms with Crippen molar-refractivity contribution >= 4 is 5.91 Å². The zero-order chi connectivity index (χ0) is 15.2. The average Bonchev–Trinajstić information content (AvgIpc) is 2.51. The second-order valence-electron chi connectivity index (χ2n) is 5.12. The van der Waals surface area contributed by atoms with Gasteiger partial charge in [0, 0.05) is 30.8 Å². The summed E-state index contributed by atoms with van der Waals surface area (Å²) in [6, 6.07) is 5.40. The number of halogens is 1. The summed E-state index contributed by atoms with van der Waals surface area (Å²) in [5.41, 5.74) is 7.51. The molecule has 0 aliphatic carbocycles. The van der Waals surface area contributed by atoms with Gasteiger partial charge in [-0.1, -0.05) is 6.92 Å². The molecule has 21 heavy (non-hydrogen) atoms. The number of hydrogen-bond acceptors (Lipinski definition) is 3. The molecule has 0 saturated carbocycles. The summed E-state index contributed by atoms with van der Waals surface area (Å²) in [6.45, 7) is 3.85. The Kier molecular flexibility index (Phi) is 5.33. The first-order chi connectivity index (χ1) is 10.2. The molecule has 0 saturated heterocycles. The van der Waals surface area contributed by atoms with Crippen LogP contribution in [0.3, 0.4) is 0 Å². The molecule has 1 amide bonds. The number of carbonyl (C=O) groups is 1. The van der Waals surface area contributed by atoms with Crippen molar-refractivity contribution in [2.75, 3.05) is 26.2 Å². The van der Waals surface area contributed by atoms with Gasteiger partial charge < -0.3 is 15.4 Å². The molecule has 1 aromatic carbocycles. The summed E-state index contributed by atoms with van der Waals surface area (Å²) in [6.07, 6.45) is 2.26. The number of carbonyl (C=O) groups excluding carboxylic acids is 1. The second kappa shape index (κ2) is 7.22. The molecule has 0 fully saturated rings. The van der Waals surface area contributed by atoms with Gasteiger partial charge in [0.2, 0.25) is 0 Å². The molecule has 2 N–H and O–H groups in total. The fourth-order valence-electron chi connectivity index (χ4n) is 2.40. The molecular formula is C16H21FN2O2. The highest BCUT2D eigenvalue weighted by molar-refractivity contribution is 5.96. The fourth-order valence-corrected chi connectivity index (χ4v) is 2.40. The van der Waals surface area contributed by atoms with E-state index in [0.29, 0.717) is 17.7 Å². The zero-order valence-corrected chi connectivity index (χ0v) is 12.3. The second-order valence-corrected chi connectivity index (χ2v) is 5.12. The van der Waals surface area contributed by atoms with Crippen LogP contribution in [0, 0.1) is 0 Å². The molecular weight excluding hydrogens is 271 g/mol.